The average molecular weight is 448 g/mol. The summed E-state index contributed by atoms with van der Waals surface area (Å²) in [4.78, 5) is 28.3. The van der Waals surface area contributed by atoms with Crippen LogP contribution in [0.4, 0.5) is 16.3 Å². The van der Waals surface area contributed by atoms with Crippen molar-refractivity contribution in [1.29, 1.82) is 0 Å². The van der Waals surface area contributed by atoms with Gasteiger partial charge in [0.1, 0.15) is 18.2 Å². The van der Waals surface area contributed by atoms with Crippen molar-refractivity contribution in [2.75, 3.05) is 24.0 Å². The molecule has 0 fully saturated rings. The van der Waals surface area contributed by atoms with Crippen LogP contribution in [0.25, 0.3) is 0 Å². The van der Waals surface area contributed by atoms with Crippen LogP contribution in [0.1, 0.15) is 17.5 Å². The van der Waals surface area contributed by atoms with Crippen molar-refractivity contribution in [3.63, 3.8) is 0 Å². The third-order valence-corrected chi connectivity index (χ3v) is 4.75. The van der Waals surface area contributed by atoms with E-state index in [1.54, 1.807) is 30.5 Å². The van der Waals surface area contributed by atoms with Gasteiger partial charge in [0.2, 0.25) is 12.7 Å². The summed E-state index contributed by atoms with van der Waals surface area (Å²) in [5.74, 6) is 2.27. The number of carbonyl (C=O) groups excluding carboxylic acids is 2. The summed E-state index contributed by atoms with van der Waals surface area (Å²) in [5, 5.41) is 8.12. The van der Waals surface area contributed by atoms with E-state index in [1.807, 2.05) is 37.3 Å². The van der Waals surface area contributed by atoms with Gasteiger partial charge in [-0.15, -0.1) is 0 Å². The third-order valence-electron chi connectivity index (χ3n) is 4.75. The van der Waals surface area contributed by atoms with Gasteiger partial charge in [0, 0.05) is 30.9 Å². The molecule has 0 bridgehead atoms. The zero-order valence-electron chi connectivity index (χ0n) is 18.1. The van der Waals surface area contributed by atoms with Crippen LogP contribution in [0, 0.1) is 6.92 Å². The summed E-state index contributed by atoms with van der Waals surface area (Å²) in [7, 11) is 0. The normalized spacial score (nSPS) is 11.5. The van der Waals surface area contributed by atoms with Crippen LogP contribution in [0.15, 0.2) is 60.8 Å². The van der Waals surface area contributed by atoms with Crippen LogP contribution < -0.4 is 30.2 Å². The number of rotatable bonds is 8. The first-order valence-electron chi connectivity index (χ1n) is 10.4. The Bertz CT molecular complexity index is 1130. The van der Waals surface area contributed by atoms with Crippen LogP contribution in [0.2, 0.25) is 0 Å². The maximum absolute atomic E-state index is 12.2. The zero-order valence-corrected chi connectivity index (χ0v) is 18.1. The number of fused-ring (bicyclic) bond motifs is 1. The van der Waals surface area contributed by atoms with Crippen molar-refractivity contribution in [1.82, 2.24) is 10.3 Å². The fourth-order valence-electron chi connectivity index (χ4n) is 3.08. The summed E-state index contributed by atoms with van der Waals surface area (Å²) in [6, 6.07) is 15.9. The molecule has 9 heteroatoms. The molecule has 1 aromatic heterocycles. The number of aromatic nitrogens is 1. The number of hydrogen-bond donors (Lipinski definition) is 3. The molecule has 3 aromatic rings. The lowest BCUT2D eigenvalue weighted by atomic mass is 10.2. The van der Waals surface area contributed by atoms with E-state index in [4.69, 9.17) is 14.2 Å². The highest BCUT2D eigenvalue weighted by Gasteiger charge is 2.13. The zero-order chi connectivity index (χ0) is 23.0. The number of hydrogen-bond acceptors (Lipinski definition) is 6. The highest BCUT2D eigenvalue weighted by Crippen LogP contribution is 2.35. The molecule has 0 unspecified atom stereocenters. The van der Waals surface area contributed by atoms with Gasteiger partial charge in [-0.2, -0.15) is 0 Å². The lowest BCUT2D eigenvalue weighted by Crippen LogP contribution is -2.31. The first-order chi connectivity index (χ1) is 16.0. The van der Waals surface area contributed by atoms with E-state index in [9.17, 15) is 9.59 Å². The predicted molar refractivity (Wildman–Crippen MR) is 123 cm³/mol. The lowest BCUT2D eigenvalue weighted by Gasteiger charge is -2.10. The van der Waals surface area contributed by atoms with Gasteiger partial charge < -0.3 is 30.2 Å². The Balaban J connectivity index is 1.20. The van der Waals surface area contributed by atoms with Gasteiger partial charge in [0.05, 0.1) is 0 Å². The van der Waals surface area contributed by atoms with E-state index >= 15 is 0 Å². The van der Waals surface area contributed by atoms with Crippen molar-refractivity contribution in [2.24, 2.45) is 0 Å². The smallest absolute Gasteiger partial charge is 0.319 e. The van der Waals surface area contributed by atoms with E-state index < -0.39 is 6.03 Å². The molecule has 3 amide bonds. The van der Waals surface area contributed by atoms with Crippen molar-refractivity contribution >= 4 is 23.4 Å². The molecule has 4 rings (SSSR count). The molecule has 0 atom stereocenters. The number of amides is 3. The summed E-state index contributed by atoms with van der Waals surface area (Å²) < 4.78 is 16.5. The fourth-order valence-corrected chi connectivity index (χ4v) is 3.08. The van der Waals surface area contributed by atoms with Crippen LogP contribution in [0.5, 0.6) is 17.2 Å². The highest BCUT2D eigenvalue weighted by atomic mass is 16.7. The highest BCUT2D eigenvalue weighted by molar-refractivity contribution is 5.91. The molecule has 33 heavy (non-hydrogen) atoms. The Labute approximate surface area is 191 Å². The minimum absolute atomic E-state index is 0.131. The van der Waals surface area contributed by atoms with E-state index in [0.717, 1.165) is 11.1 Å². The first kappa shape index (κ1) is 21.9. The largest absolute Gasteiger partial charge is 0.489 e. The van der Waals surface area contributed by atoms with Gasteiger partial charge in [0.25, 0.3) is 0 Å². The number of nitrogens with zero attached hydrogens (tertiary/aromatic N) is 1. The average Bonchev–Trinajstić information content (AvgIpc) is 3.27. The molecule has 0 saturated carbocycles. The SMILES string of the molecule is Cc1ccc(NC(=O)CCNC(=O)Nc2cccc(COc3ccc4c(c3)OCO4)c2)nc1. The van der Waals surface area contributed by atoms with Gasteiger partial charge in [-0.1, -0.05) is 18.2 Å². The van der Waals surface area contributed by atoms with Crippen molar-refractivity contribution in [3.05, 3.63) is 71.9 Å². The summed E-state index contributed by atoms with van der Waals surface area (Å²) >= 11 is 0. The first-order valence-corrected chi connectivity index (χ1v) is 10.4. The minimum atomic E-state index is -0.398. The van der Waals surface area contributed by atoms with Crippen LogP contribution in [-0.2, 0) is 11.4 Å². The fraction of sp³-hybridized carbons (Fsp3) is 0.208. The molecular weight excluding hydrogens is 424 g/mol. The monoisotopic (exact) mass is 448 g/mol. The number of ether oxygens (including phenoxy) is 3. The molecule has 0 spiro atoms. The standard InChI is InChI=1S/C24H24N4O5/c1-16-5-8-22(26-13-16)28-23(29)9-10-25-24(30)27-18-4-2-3-17(11-18)14-31-19-6-7-20-21(12-19)33-15-32-20/h2-8,11-13H,9-10,14-15H2,1H3,(H2,25,27,30)(H,26,28,29). The van der Waals surface area contributed by atoms with Crippen molar-refractivity contribution < 1.29 is 23.8 Å². The van der Waals surface area contributed by atoms with Gasteiger partial charge in [-0.3, -0.25) is 4.79 Å². The maximum Gasteiger partial charge on any atom is 0.319 e. The van der Waals surface area contributed by atoms with Crippen molar-refractivity contribution in [3.8, 4) is 17.2 Å². The molecule has 2 aromatic carbocycles. The Morgan fingerprint density at radius 2 is 1.91 bits per heavy atom. The van der Waals surface area contributed by atoms with E-state index in [-0.39, 0.29) is 25.7 Å². The topological polar surface area (TPSA) is 111 Å². The molecule has 3 N–H and O–H groups in total. The Kier molecular flexibility index (Phi) is 6.89. The number of anilines is 2. The van der Waals surface area contributed by atoms with E-state index in [1.165, 1.54) is 0 Å². The number of aryl methyl sites for hydroxylation is 1. The predicted octanol–water partition coefficient (Wildman–Crippen LogP) is 3.85. The molecule has 9 nitrogen and oxygen atoms in total. The van der Waals surface area contributed by atoms with Crippen LogP contribution in [0.3, 0.4) is 0 Å². The number of carbonyl (C=O) groups is 2. The molecule has 1 aliphatic heterocycles. The second kappa shape index (κ2) is 10.4. The van der Waals surface area contributed by atoms with Gasteiger partial charge in [-0.25, -0.2) is 9.78 Å². The third kappa shape index (κ3) is 6.36. The second-order valence-electron chi connectivity index (χ2n) is 7.40. The number of nitrogens with one attached hydrogen (secondary N) is 3. The Hall–Kier alpha value is -4.27. The van der Waals surface area contributed by atoms with E-state index in [0.29, 0.717) is 35.4 Å². The summed E-state index contributed by atoms with van der Waals surface area (Å²) in [6.07, 6.45) is 1.81. The number of benzene rings is 2. The summed E-state index contributed by atoms with van der Waals surface area (Å²) in [5.41, 5.74) is 2.51. The number of urea groups is 1. The van der Waals surface area contributed by atoms with E-state index in [2.05, 4.69) is 20.9 Å². The van der Waals surface area contributed by atoms with Crippen LogP contribution >= 0.6 is 0 Å². The summed E-state index contributed by atoms with van der Waals surface area (Å²) in [6.45, 7) is 2.65. The molecule has 0 radical (unpaired) electrons. The molecule has 0 saturated heterocycles. The van der Waals surface area contributed by atoms with Gasteiger partial charge >= 0.3 is 6.03 Å². The molecule has 1 aliphatic rings. The molecule has 0 aliphatic carbocycles. The van der Waals surface area contributed by atoms with Gasteiger partial charge in [0.15, 0.2) is 11.5 Å². The van der Waals surface area contributed by atoms with Gasteiger partial charge in [-0.05, 0) is 48.4 Å². The molecular formula is C24H24N4O5. The Morgan fingerprint density at radius 3 is 2.76 bits per heavy atom. The quantitative estimate of drug-likeness (QED) is 0.483. The Morgan fingerprint density at radius 1 is 1.03 bits per heavy atom. The van der Waals surface area contributed by atoms with Crippen molar-refractivity contribution in [2.45, 2.75) is 20.0 Å². The molecule has 170 valence electrons. The second-order valence-corrected chi connectivity index (χ2v) is 7.40. The van der Waals surface area contributed by atoms with Crippen LogP contribution in [-0.4, -0.2) is 30.3 Å². The minimum Gasteiger partial charge on any atom is -0.489 e. The number of pyridine rings is 1. The molecule has 2 heterocycles. The lowest BCUT2D eigenvalue weighted by molar-refractivity contribution is -0.116. The maximum atomic E-state index is 12.2.